The van der Waals surface area contributed by atoms with Crippen molar-refractivity contribution in [2.45, 2.75) is 13.5 Å². The lowest BCUT2D eigenvalue weighted by molar-refractivity contribution is -0.120. The molecule has 0 aliphatic carbocycles. The van der Waals surface area contributed by atoms with Gasteiger partial charge in [-0.3, -0.25) is 4.79 Å². The summed E-state index contributed by atoms with van der Waals surface area (Å²) in [4.78, 5) is 11.1. The van der Waals surface area contributed by atoms with Crippen LogP contribution in [0.25, 0.3) is 0 Å². The summed E-state index contributed by atoms with van der Waals surface area (Å²) < 4.78 is 0. The topological polar surface area (TPSA) is 41.1 Å². The van der Waals surface area contributed by atoms with Gasteiger partial charge in [-0.1, -0.05) is 23.7 Å². The number of likely N-dealkylation sites (N-methyl/N-ethyl adjacent to an activating group) is 1. The third kappa shape index (κ3) is 4.81. The highest BCUT2D eigenvalue weighted by Crippen LogP contribution is 2.08. The van der Waals surface area contributed by atoms with Crippen LogP contribution in [0.15, 0.2) is 24.3 Å². The fraction of sp³-hybridized carbons (Fsp3) is 0.364. The van der Waals surface area contributed by atoms with Gasteiger partial charge >= 0.3 is 0 Å². The van der Waals surface area contributed by atoms with Gasteiger partial charge < -0.3 is 10.6 Å². The van der Waals surface area contributed by atoms with Crippen molar-refractivity contribution in [2.24, 2.45) is 0 Å². The van der Waals surface area contributed by atoms with Crippen molar-refractivity contribution in [1.82, 2.24) is 10.6 Å². The molecule has 0 aliphatic rings. The molecule has 0 aliphatic heterocycles. The van der Waals surface area contributed by atoms with Gasteiger partial charge in [-0.05, 0) is 24.6 Å². The van der Waals surface area contributed by atoms with Gasteiger partial charge in [-0.2, -0.15) is 0 Å². The molecule has 1 rings (SSSR count). The highest BCUT2D eigenvalue weighted by atomic mass is 35.5. The van der Waals surface area contributed by atoms with Crippen molar-refractivity contribution < 1.29 is 4.79 Å². The van der Waals surface area contributed by atoms with Crippen LogP contribution in [-0.2, 0) is 11.3 Å². The van der Waals surface area contributed by atoms with Gasteiger partial charge in [0.1, 0.15) is 0 Å². The number of hydrogen-bond donors (Lipinski definition) is 2. The van der Waals surface area contributed by atoms with Gasteiger partial charge in [-0.15, -0.1) is 0 Å². The average Bonchev–Trinajstić information content (AvgIpc) is 2.21. The van der Waals surface area contributed by atoms with Crippen molar-refractivity contribution in [3.05, 3.63) is 34.9 Å². The predicted octanol–water partition coefficient (Wildman–Crippen LogP) is 1.57. The van der Waals surface area contributed by atoms with Gasteiger partial charge in [0.05, 0.1) is 6.54 Å². The molecule has 0 atom stereocenters. The molecule has 0 bridgehead atoms. The summed E-state index contributed by atoms with van der Waals surface area (Å²) in [6.45, 7) is 3.59. The van der Waals surface area contributed by atoms with E-state index in [1.807, 2.05) is 31.2 Å². The zero-order valence-electron chi connectivity index (χ0n) is 8.72. The van der Waals surface area contributed by atoms with Crippen LogP contribution < -0.4 is 10.6 Å². The van der Waals surface area contributed by atoms with Gasteiger partial charge in [0.25, 0.3) is 0 Å². The largest absolute Gasteiger partial charge is 0.355 e. The lowest BCUT2D eigenvalue weighted by atomic mass is 10.2. The number of carbonyl (C=O) groups is 1. The Hall–Kier alpha value is -1.06. The minimum atomic E-state index is 0.0199. The standard InChI is InChI=1S/C11H15ClN2O/c1-2-14-11(15)8-13-7-9-3-5-10(12)6-4-9/h3-6,13H,2,7-8H2,1H3,(H,14,15). The first-order valence-electron chi connectivity index (χ1n) is 4.94. The van der Waals surface area contributed by atoms with Crippen LogP contribution in [0.3, 0.4) is 0 Å². The molecule has 0 radical (unpaired) electrons. The normalized spacial score (nSPS) is 10.0. The van der Waals surface area contributed by atoms with Crippen molar-refractivity contribution in [1.29, 1.82) is 0 Å². The fourth-order valence-corrected chi connectivity index (χ4v) is 1.31. The summed E-state index contributed by atoms with van der Waals surface area (Å²) in [7, 11) is 0. The lowest BCUT2D eigenvalue weighted by Crippen LogP contribution is -2.33. The summed E-state index contributed by atoms with van der Waals surface area (Å²) >= 11 is 5.75. The first-order valence-corrected chi connectivity index (χ1v) is 5.32. The smallest absolute Gasteiger partial charge is 0.233 e. The Morgan fingerprint density at radius 3 is 2.60 bits per heavy atom. The zero-order chi connectivity index (χ0) is 11.1. The van der Waals surface area contributed by atoms with Crippen LogP contribution in [0, 0.1) is 0 Å². The molecule has 3 nitrogen and oxygen atoms in total. The molecule has 0 spiro atoms. The maximum atomic E-state index is 11.1. The second-order valence-corrected chi connectivity index (χ2v) is 3.62. The highest BCUT2D eigenvalue weighted by Gasteiger charge is 1.98. The Balaban J connectivity index is 2.26. The molecule has 0 unspecified atom stereocenters. The van der Waals surface area contributed by atoms with Crippen molar-refractivity contribution in [3.63, 3.8) is 0 Å². The van der Waals surface area contributed by atoms with E-state index in [-0.39, 0.29) is 5.91 Å². The quantitative estimate of drug-likeness (QED) is 0.800. The van der Waals surface area contributed by atoms with Gasteiger partial charge in [0.15, 0.2) is 0 Å². The van der Waals surface area contributed by atoms with Gasteiger partial charge in [0, 0.05) is 18.1 Å². The number of carbonyl (C=O) groups excluding carboxylic acids is 1. The van der Waals surface area contributed by atoms with Crippen molar-refractivity contribution >= 4 is 17.5 Å². The van der Waals surface area contributed by atoms with Crippen LogP contribution in [0.4, 0.5) is 0 Å². The van der Waals surface area contributed by atoms with Crippen LogP contribution in [-0.4, -0.2) is 19.0 Å². The minimum absolute atomic E-state index is 0.0199. The summed E-state index contributed by atoms with van der Waals surface area (Å²) in [6.07, 6.45) is 0. The molecule has 0 saturated heterocycles. The zero-order valence-corrected chi connectivity index (χ0v) is 9.47. The Labute approximate surface area is 94.8 Å². The van der Waals surface area contributed by atoms with E-state index in [0.29, 0.717) is 19.6 Å². The van der Waals surface area contributed by atoms with Crippen molar-refractivity contribution in [3.8, 4) is 0 Å². The summed E-state index contributed by atoms with van der Waals surface area (Å²) in [6, 6.07) is 7.55. The first-order chi connectivity index (χ1) is 7.22. The molecular weight excluding hydrogens is 212 g/mol. The fourth-order valence-electron chi connectivity index (χ4n) is 1.18. The van der Waals surface area contributed by atoms with E-state index in [1.54, 1.807) is 0 Å². The van der Waals surface area contributed by atoms with Crippen LogP contribution in [0.5, 0.6) is 0 Å². The third-order valence-electron chi connectivity index (χ3n) is 1.90. The van der Waals surface area contributed by atoms with Gasteiger partial charge in [0.2, 0.25) is 5.91 Å². The second-order valence-electron chi connectivity index (χ2n) is 3.18. The summed E-state index contributed by atoms with van der Waals surface area (Å²) in [5.41, 5.74) is 1.11. The maximum Gasteiger partial charge on any atom is 0.233 e. The lowest BCUT2D eigenvalue weighted by Gasteiger charge is -2.05. The van der Waals surface area contributed by atoms with Crippen LogP contribution in [0.1, 0.15) is 12.5 Å². The molecule has 15 heavy (non-hydrogen) atoms. The molecule has 4 heteroatoms. The number of rotatable bonds is 5. The van der Waals surface area contributed by atoms with E-state index in [4.69, 9.17) is 11.6 Å². The highest BCUT2D eigenvalue weighted by molar-refractivity contribution is 6.30. The Morgan fingerprint density at radius 1 is 1.33 bits per heavy atom. The summed E-state index contributed by atoms with van der Waals surface area (Å²) in [5, 5.41) is 6.49. The van der Waals surface area contributed by atoms with Crippen molar-refractivity contribution in [2.75, 3.05) is 13.1 Å². The molecule has 1 aromatic rings. The molecule has 0 aromatic heterocycles. The maximum absolute atomic E-state index is 11.1. The number of amides is 1. The second kappa shape index (κ2) is 6.43. The van der Waals surface area contributed by atoms with E-state index in [2.05, 4.69) is 10.6 Å². The Bertz CT molecular complexity index is 311. The molecule has 1 amide bonds. The average molecular weight is 227 g/mol. The molecule has 82 valence electrons. The monoisotopic (exact) mass is 226 g/mol. The van der Waals surface area contributed by atoms with E-state index in [9.17, 15) is 4.79 Å². The molecule has 0 fully saturated rings. The SMILES string of the molecule is CCNC(=O)CNCc1ccc(Cl)cc1. The molecule has 2 N–H and O–H groups in total. The summed E-state index contributed by atoms with van der Waals surface area (Å²) in [5.74, 6) is 0.0199. The molecular formula is C11H15ClN2O. The van der Waals surface area contributed by atoms with Gasteiger partial charge in [-0.25, -0.2) is 0 Å². The van der Waals surface area contributed by atoms with Crippen LogP contribution in [0.2, 0.25) is 5.02 Å². The van der Waals surface area contributed by atoms with E-state index >= 15 is 0 Å². The Morgan fingerprint density at radius 2 is 2.00 bits per heavy atom. The minimum Gasteiger partial charge on any atom is -0.355 e. The molecule has 1 aromatic carbocycles. The third-order valence-corrected chi connectivity index (χ3v) is 2.15. The number of nitrogens with one attached hydrogen (secondary N) is 2. The number of benzene rings is 1. The predicted molar refractivity (Wildman–Crippen MR) is 61.8 cm³/mol. The first kappa shape index (κ1) is 12.0. The van der Waals surface area contributed by atoms with E-state index in [0.717, 1.165) is 10.6 Å². The number of halogens is 1. The Kier molecular flexibility index (Phi) is 5.15. The number of hydrogen-bond acceptors (Lipinski definition) is 2. The molecule has 0 heterocycles. The van der Waals surface area contributed by atoms with E-state index < -0.39 is 0 Å². The van der Waals surface area contributed by atoms with E-state index in [1.165, 1.54) is 0 Å². The molecule has 0 saturated carbocycles. The van der Waals surface area contributed by atoms with Crippen LogP contribution >= 0.6 is 11.6 Å².